The smallest absolute Gasteiger partial charge is 0.128 e. The molecule has 4 heteroatoms. The second-order valence-electron chi connectivity index (χ2n) is 5.06. The molecule has 0 radical (unpaired) electrons. The van der Waals surface area contributed by atoms with Gasteiger partial charge in [0.2, 0.25) is 0 Å². The Kier molecular flexibility index (Phi) is 4.79. The summed E-state index contributed by atoms with van der Waals surface area (Å²) < 4.78 is 5.60. The molecule has 0 saturated carbocycles. The minimum atomic E-state index is 0.729. The summed E-state index contributed by atoms with van der Waals surface area (Å²) in [5, 5.41) is 3.33. The molecule has 2 aromatic rings. The van der Waals surface area contributed by atoms with Crippen molar-refractivity contribution in [1.82, 2.24) is 10.3 Å². The molecule has 1 N–H and O–H groups in total. The largest absolute Gasteiger partial charge is 0.464 e. The van der Waals surface area contributed by atoms with Gasteiger partial charge in [0.15, 0.2) is 0 Å². The Labute approximate surface area is 120 Å². The van der Waals surface area contributed by atoms with Crippen LogP contribution in [0.2, 0.25) is 0 Å². The van der Waals surface area contributed by atoms with Gasteiger partial charge in [0.25, 0.3) is 0 Å². The first-order valence-corrected chi connectivity index (χ1v) is 7.04. The number of hydrogen-bond donors (Lipinski definition) is 1. The number of furan rings is 1. The van der Waals surface area contributed by atoms with E-state index < -0.39 is 0 Å². The fraction of sp³-hybridized carbons (Fsp3) is 0.438. The minimum absolute atomic E-state index is 0.729. The van der Waals surface area contributed by atoms with Crippen LogP contribution in [0.1, 0.15) is 29.7 Å². The van der Waals surface area contributed by atoms with E-state index >= 15 is 0 Å². The van der Waals surface area contributed by atoms with Crippen LogP contribution in [0, 0.1) is 13.8 Å². The lowest BCUT2D eigenvalue weighted by atomic mass is 10.2. The van der Waals surface area contributed by atoms with Crippen LogP contribution in [0.15, 0.2) is 28.7 Å². The van der Waals surface area contributed by atoms with Gasteiger partial charge in [-0.25, -0.2) is 4.98 Å². The number of nitrogens with one attached hydrogen (secondary N) is 1. The highest BCUT2D eigenvalue weighted by atomic mass is 16.3. The van der Waals surface area contributed by atoms with Crippen LogP contribution in [0.5, 0.6) is 0 Å². The van der Waals surface area contributed by atoms with Crippen LogP contribution in [-0.4, -0.2) is 18.6 Å². The molecule has 20 heavy (non-hydrogen) atoms. The Bertz CT molecular complexity index is 563. The van der Waals surface area contributed by atoms with Crippen LogP contribution in [0.3, 0.4) is 0 Å². The van der Waals surface area contributed by atoms with Gasteiger partial charge in [0.05, 0.1) is 6.54 Å². The molecule has 0 aromatic carbocycles. The molecule has 0 saturated heterocycles. The Morgan fingerprint density at radius 3 is 2.60 bits per heavy atom. The van der Waals surface area contributed by atoms with E-state index in [1.54, 1.807) is 0 Å². The number of aromatic nitrogens is 1. The molecule has 0 spiro atoms. The van der Waals surface area contributed by atoms with Crippen molar-refractivity contribution in [2.24, 2.45) is 0 Å². The van der Waals surface area contributed by atoms with E-state index in [4.69, 9.17) is 4.42 Å². The van der Waals surface area contributed by atoms with E-state index in [1.807, 2.05) is 26.1 Å². The highest BCUT2D eigenvalue weighted by Crippen LogP contribution is 2.17. The third-order valence-electron chi connectivity index (χ3n) is 3.33. The molecule has 4 nitrogen and oxygen atoms in total. The Balaban J connectivity index is 2.06. The van der Waals surface area contributed by atoms with Gasteiger partial charge in [0.1, 0.15) is 17.3 Å². The molecule has 2 heterocycles. The molecule has 0 aliphatic carbocycles. The summed E-state index contributed by atoms with van der Waals surface area (Å²) in [6.07, 6.45) is 0. The van der Waals surface area contributed by atoms with E-state index in [-0.39, 0.29) is 0 Å². The average molecular weight is 273 g/mol. The normalized spacial score (nSPS) is 10.8. The summed E-state index contributed by atoms with van der Waals surface area (Å²) in [6.45, 7) is 8.70. The predicted octanol–water partition coefficient (Wildman–Crippen LogP) is 3.04. The molecule has 0 unspecified atom stereocenters. The van der Waals surface area contributed by atoms with Gasteiger partial charge in [-0.05, 0) is 44.2 Å². The average Bonchev–Trinajstić information content (AvgIpc) is 2.82. The zero-order valence-electron chi connectivity index (χ0n) is 12.7. The highest BCUT2D eigenvalue weighted by Gasteiger charge is 2.08. The Morgan fingerprint density at radius 2 is 2.00 bits per heavy atom. The molecular formula is C16H23N3O. The van der Waals surface area contributed by atoms with Crippen LogP contribution >= 0.6 is 0 Å². The molecule has 108 valence electrons. The van der Waals surface area contributed by atoms with Gasteiger partial charge >= 0.3 is 0 Å². The molecule has 0 bridgehead atoms. The summed E-state index contributed by atoms with van der Waals surface area (Å²) in [6, 6.07) is 8.21. The zero-order valence-corrected chi connectivity index (χ0v) is 12.7. The van der Waals surface area contributed by atoms with Crippen LogP contribution < -0.4 is 10.2 Å². The van der Waals surface area contributed by atoms with Crippen molar-refractivity contribution in [2.75, 3.05) is 18.5 Å². The summed E-state index contributed by atoms with van der Waals surface area (Å²) >= 11 is 0. The van der Waals surface area contributed by atoms with Crippen molar-refractivity contribution in [1.29, 1.82) is 0 Å². The lowest BCUT2D eigenvalue weighted by Gasteiger charge is -2.18. The third-order valence-corrected chi connectivity index (χ3v) is 3.33. The summed E-state index contributed by atoms with van der Waals surface area (Å²) in [5.41, 5.74) is 2.32. The molecule has 0 fully saturated rings. The van der Waals surface area contributed by atoms with Crippen LogP contribution in [0.4, 0.5) is 5.82 Å². The van der Waals surface area contributed by atoms with Gasteiger partial charge in [0, 0.05) is 19.3 Å². The summed E-state index contributed by atoms with van der Waals surface area (Å²) in [4.78, 5) is 6.77. The molecule has 0 amide bonds. The molecule has 2 rings (SSSR count). The highest BCUT2D eigenvalue weighted by molar-refractivity contribution is 5.41. The standard InChI is InChI=1S/C16H23N3O/c1-5-17-10-14-7-9-16(18-13(14)3)19(4)11-15-8-6-12(2)20-15/h6-9,17H,5,10-11H2,1-4H3. The number of aryl methyl sites for hydroxylation is 2. The van der Waals surface area contributed by atoms with Crippen molar-refractivity contribution in [2.45, 2.75) is 33.9 Å². The second kappa shape index (κ2) is 6.57. The lowest BCUT2D eigenvalue weighted by molar-refractivity contribution is 0.481. The lowest BCUT2D eigenvalue weighted by Crippen LogP contribution is -2.19. The SMILES string of the molecule is CCNCc1ccc(N(C)Cc2ccc(C)o2)nc1C. The van der Waals surface area contributed by atoms with Gasteiger partial charge in [-0.1, -0.05) is 13.0 Å². The number of nitrogens with zero attached hydrogens (tertiary/aromatic N) is 2. The zero-order chi connectivity index (χ0) is 14.5. The van der Waals surface area contributed by atoms with E-state index in [2.05, 4.69) is 41.2 Å². The minimum Gasteiger partial charge on any atom is -0.464 e. The van der Waals surface area contributed by atoms with Gasteiger partial charge in [-0.15, -0.1) is 0 Å². The maximum absolute atomic E-state index is 5.60. The Hall–Kier alpha value is -1.81. The molecule has 0 aliphatic heterocycles. The van der Waals surface area contributed by atoms with Crippen molar-refractivity contribution in [3.8, 4) is 0 Å². The molecule has 0 aliphatic rings. The van der Waals surface area contributed by atoms with E-state index in [0.717, 1.165) is 42.7 Å². The summed E-state index contributed by atoms with van der Waals surface area (Å²) in [5.74, 6) is 2.87. The fourth-order valence-electron chi connectivity index (χ4n) is 2.12. The van der Waals surface area contributed by atoms with Crippen molar-refractivity contribution < 1.29 is 4.42 Å². The summed E-state index contributed by atoms with van der Waals surface area (Å²) in [7, 11) is 2.03. The van der Waals surface area contributed by atoms with E-state index in [1.165, 1.54) is 5.56 Å². The van der Waals surface area contributed by atoms with Gasteiger partial charge < -0.3 is 14.6 Å². The maximum atomic E-state index is 5.60. The quantitative estimate of drug-likeness (QED) is 0.878. The van der Waals surface area contributed by atoms with Crippen molar-refractivity contribution >= 4 is 5.82 Å². The maximum Gasteiger partial charge on any atom is 0.128 e. The first kappa shape index (κ1) is 14.6. The predicted molar refractivity (Wildman–Crippen MR) is 81.9 cm³/mol. The third kappa shape index (κ3) is 3.61. The van der Waals surface area contributed by atoms with Crippen LogP contribution in [-0.2, 0) is 13.1 Å². The molecule has 0 atom stereocenters. The second-order valence-corrected chi connectivity index (χ2v) is 5.06. The first-order valence-electron chi connectivity index (χ1n) is 7.04. The first-order chi connectivity index (χ1) is 9.60. The van der Waals surface area contributed by atoms with Crippen molar-refractivity contribution in [3.63, 3.8) is 0 Å². The van der Waals surface area contributed by atoms with Crippen molar-refractivity contribution in [3.05, 3.63) is 47.0 Å². The van der Waals surface area contributed by atoms with E-state index in [0.29, 0.717) is 0 Å². The number of anilines is 1. The number of rotatable bonds is 6. The number of hydrogen-bond acceptors (Lipinski definition) is 4. The van der Waals surface area contributed by atoms with Crippen LogP contribution in [0.25, 0.3) is 0 Å². The number of pyridine rings is 1. The van der Waals surface area contributed by atoms with Gasteiger partial charge in [-0.2, -0.15) is 0 Å². The fourth-order valence-corrected chi connectivity index (χ4v) is 2.12. The Morgan fingerprint density at radius 1 is 1.20 bits per heavy atom. The van der Waals surface area contributed by atoms with E-state index in [9.17, 15) is 0 Å². The molecular weight excluding hydrogens is 250 g/mol. The monoisotopic (exact) mass is 273 g/mol. The molecule has 2 aromatic heterocycles. The topological polar surface area (TPSA) is 41.3 Å². The van der Waals surface area contributed by atoms with Gasteiger partial charge in [-0.3, -0.25) is 0 Å².